The van der Waals surface area contributed by atoms with Gasteiger partial charge in [0.25, 0.3) is 0 Å². The third-order valence-electron chi connectivity index (χ3n) is 4.73. The Balaban J connectivity index is 1.58. The van der Waals surface area contributed by atoms with Crippen LogP contribution >= 0.6 is 0 Å². The molecule has 0 bridgehead atoms. The molecule has 0 spiro atoms. The highest BCUT2D eigenvalue weighted by Crippen LogP contribution is 2.15. The van der Waals surface area contributed by atoms with E-state index in [1.165, 1.54) is 11.1 Å². The van der Waals surface area contributed by atoms with Gasteiger partial charge in [-0.25, -0.2) is 4.79 Å². The topological polar surface area (TPSA) is 43.8 Å². The SMILES string of the molecule is CC1CN(Cc2ccccc2)CCN(Cc2ccc(C(=O)O)cc2)C1. The van der Waals surface area contributed by atoms with Crippen molar-refractivity contribution in [3.05, 3.63) is 71.3 Å². The summed E-state index contributed by atoms with van der Waals surface area (Å²) in [5.74, 6) is -0.254. The minimum Gasteiger partial charge on any atom is -0.478 e. The van der Waals surface area contributed by atoms with Crippen molar-refractivity contribution in [2.75, 3.05) is 26.2 Å². The number of carboxylic acids is 1. The van der Waals surface area contributed by atoms with Gasteiger partial charge in [-0.3, -0.25) is 9.80 Å². The molecular formula is C21H26N2O2. The Morgan fingerprint density at radius 1 is 0.920 bits per heavy atom. The second-order valence-corrected chi connectivity index (χ2v) is 7.06. The lowest BCUT2D eigenvalue weighted by molar-refractivity contribution is 0.0697. The molecule has 3 rings (SSSR count). The maximum atomic E-state index is 11.0. The molecule has 1 saturated heterocycles. The maximum absolute atomic E-state index is 11.0. The fourth-order valence-electron chi connectivity index (χ4n) is 3.54. The lowest BCUT2D eigenvalue weighted by Crippen LogP contribution is -2.30. The van der Waals surface area contributed by atoms with Gasteiger partial charge in [0.1, 0.15) is 0 Å². The van der Waals surface area contributed by atoms with E-state index in [9.17, 15) is 4.79 Å². The van der Waals surface area contributed by atoms with E-state index >= 15 is 0 Å². The molecule has 0 radical (unpaired) electrons. The van der Waals surface area contributed by atoms with Crippen LogP contribution in [0, 0.1) is 5.92 Å². The molecule has 25 heavy (non-hydrogen) atoms. The third kappa shape index (κ3) is 5.15. The molecule has 0 aliphatic carbocycles. The molecule has 0 saturated carbocycles. The molecule has 4 heteroatoms. The number of nitrogens with zero attached hydrogens (tertiary/aromatic N) is 2. The second-order valence-electron chi connectivity index (χ2n) is 7.06. The first-order valence-electron chi connectivity index (χ1n) is 8.91. The van der Waals surface area contributed by atoms with Gasteiger partial charge >= 0.3 is 5.97 Å². The molecule has 1 aliphatic rings. The van der Waals surface area contributed by atoms with Crippen LogP contribution in [-0.2, 0) is 13.1 Å². The number of benzene rings is 2. The van der Waals surface area contributed by atoms with Crippen LogP contribution in [0.2, 0.25) is 0 Å². The predicted octanol–water partition coefficient (Wildman–Crippen LogP) is 3.34. The highest BCUT2D eigenvalue weighted by molar-refractivity contribution is 5.87. The highest BCUT2D eigenvalue weighted by atomic mass is 16.4. The van der Waals surface area contributed by atoms with E-state index in [0.717, 1.165) is 39.3 Å². The number of aromatic carboxylic acids is 1. The minimum absolute atomic E-state index is 0.349. The van der Waals surface area contributed by atoms with Gasteiger partial charge in [-0.1, -0.05) is 49.4 Å². The molecule has 1 atom stereocenters. The molecule has 1 fully saturated rings. The van der Waals surface area contributed by atoms with Crippen molar-refractivity contribution in [1.82, 2.24) is 9.80 Å². The summed E-state index contributed by atoms with van der Waals surface area (Å²) in [5, 5.41) is 9.00. The molecule has 4 nitrogen and oxygen atoms in total. The monoisotopic (exact) mass is 338 g/mol. The summed E-state index contributed by atoms with van der Waals surface area (Å²) < 4.78 is 0. The van der Waals surface area contributed by atoms with Crippen molar-refractivity contribution >= 4 is 5.97 Å². The first-order valence-corrected chi connectivity index (χ1v) is 8.91. The van der Waals surface area contributed by atoms with E-state index in [2.05, 4.69) is 47.1 Å². The number of hydrogen-bond donors (Lipinski definition) is 1. The van der Waals surface area contributed by atoms with Crippen LogP contribution in [0.5, 0.6) is 0 Å². The van der Waals surface area contributed by atoms with Gasteiger partial charge in [0.15, 0.2) is 0 Å². The number of hydrogen-bond acceptors (Lipinski definition) is 3. The van der Waals surface area contributed by atoms with Crippen LogP contribution in [0.4, 0.5) is 0 Å². The first kappa shape index (κ1) is 17.6. The standard InChI is InChI=1S/C21H26N2O2/c1-17-13-22(15-18-5-3-2-4-6-18)11-12-23(14-17)16-19-7-9-20(10-8-19)21(24)25/h2-10,17H,11-16H2,1H3,(H,24,25). The minimum atomic E-state index is -0.869. The molecule has 2 aromatic carbocycles. The summed E-state index contributed by atoms with van der Waals surface area (Å²) >= 11 is 0. The van der Waals surface area contributed by atoms with Crippen LogP contribution < -0.4 is 0 Å². The summed E-state index contributed by atoms with van der Waals surface area (Å²) in [6, 6.07) is 17.9. The molecule has 132 valence electrons. The van der Waals surface area contributed by atoms with E-state index < -0.39 is 5.97 Å². The van der Waals surface area contributed by atoms with Crippen LogP contribution in [0.3, 0.4) is 0 Å². The van der Waals surface area contributed by atoms with Crippen molar-refractivity contribution in [1.29, 1.82) is 0 Å². The summed E-state index contributed by atoms with van der Waals surface area (Å²) in [4.78, 5) is 16.0. The molecule has 0 amide bonds. The lowest BCUT2D eigenvalue weighted by atomic mass is 10.1. The Morgan fingerprint density at radius 2 is 1.44 bits per heavy atom. The molecule has 1 heterocycles. The van der Waals surface area contributed by atoms with Crippen molar-refractivity contribution in [3.8, 4) is 0 Å². The van der Waals surface area contributed by atoms with Gasteiger partial charge in [-0.05, 0) is 29.2 Å². The van der Waals surface area contributed by atoms with Gasteiger partial charge < -0.3 is 5.11 Å². The first-order chi connectivity index (χ1) is 12.1. The largest absolute Gasteiger partial charge is 0.478 e. The molecule has 1 N–H and O–H groups in total. The molecule has 1 unspecified atom stereocenters. The third-order valence-corrected chi connectivity index (χ3v) is 4.73. The van der Waals surface area contributed by atoms with Crippen molar-refractivity contribution < 1.29 is 9.90 Å². The maximum Gasteiger partial charge on any atom is 0.335 e. The summed E-state index contributed by atoms with van der Waals surface area (Å²) in [6.45, 7) is 8.49. The Bertz CT molecular complexity index is 685. The van der Waals surface area contributed by atoms with Gasteiger partial charge in [0, 0.05) is 39.3 Å². The Morgan fingerprint density at radius 3 is 1.96 bits per heavy atom. The van der Waals surface area contributed by atoms with Crippen LogP contribution in [-0.4, -0.2) is 47.1 Å². The Hall–Kier alpha value is -2.17. The zero-order valence-corrected chi connectivity index (χ0v) is 14.8. The second kappa shape index (κ2) is 8.28. The van der Waals surface area contributed by atoms with Gasteiger partial charge in [0.05, 0.1) is 5.56 Å². The molecule has 2 aromatic rings. The van der Waals surface area contributed by atoms with Crippen LogP contribution in [0.1, 0.15) is 28.4 Å². The zero-order valence-electron chi connectivity index (χ0n) is 14.8. The fourth-order valence-corrected chi connectivity index (χ4v) is 3.54. The van der Waals surface area contributed by atoms with E-state index in [1.54, 1.807) is 12.1 Å². The van der Waals surface area contributed by atoms with Crippen molar-refractivity contribution in [3.63, 3.8) is 0 Å². The average molecular weight is 338 g/mol. The van der Waals surface area contributed by atoms with Crippen molar-refractivity contribution in [2.24, 2.45) is 5.92 Å². The molecule has 0 aromatic heterocycles. The Kier molecular flexibility index (Phi) is 5.84. The molecule has 1 aliphatic heterocycles. The van der Waals surface area contributed by atoms with Gasteiger partial charge in [0.2, 0.25) is 0 Å². The number of carbonyl (C=O) groups is 1. The van der Waals surface area contributed by atoms with Crippen molar-refractivity contribution in [2.45, 2.75) is 20.0 Å². The van der Waals surface area contributed by atoms with Gasteiger partial charge in [-0.2, -0.15) is 0 Å². The smallest absolute Gasteiger partial charge is 0.335 e. The van der Waals surface area contributed by atoms with E-state index in [-0.39, 0.29) is 0 Å². The van der Waals surface area contributed by atoms with E-state index in [1.807, 2.05) is 12.1 Å². The predicted molar refractivity (Wildman–Crippen MR) is 99.6 cm³/mol. The summed E-state index contributed by atoms with van der Waals surface area (Å²) in [6.07, 6.45) is 0. The highest BCUT2D eigenvalue weighted by Gasteiger charge is 2.20. The van der Waals surface area contributed by atoms with Crippen LogP contribution in [0.25, 0.3) is 0 Å². The Labute approximate surface area is 149 Å². The van der Waals surface area contributed by atoms with E-state index in [0.29, 0.717) is 11.5 Å². The van der Waals surface area contributed by atoms with Gasteiger partial charge in [-0.15, -0.1) is 0 Å². The molecular weight excluding hydrogens is 312 g/mol. The van der Waals surface area contributed by atoms with E-state index in [4.69, 9.17) is 5.11 Å². The quantitative estimate of drug-likeness (QED) is 0.908. The lowest BCUT2D eigenvalue weighted by Gasteiger charge is -2.22. The van der Waals surface area contributed by atoms with Crippen LogP contribution in [0.15, 0.2) is 54.6 Å². The zero-order chi connectivity index (χ0) is 17.6. The average Bonchev–Trinajstić information content (AvgIpc) is 2.77. The number of carboxylic acid groups (broad SMARTS) is 1. The number of rotatable bonds is 5. The summed E-state index contributed by atoms with van der Waals surface area (Å²) in [7, 11) is 0. The summed E-state index contributed by atoms with van der Waals surface area (Å²) in [5.41, 5.74) is 2.89. The fraction of sp³-hybridized carbons (Fsp3) is 0.381. The normalized spacial score (nSPS) is 19.5.